The van der Waals surface area contributed by atoms with Gasteiger partial charge in [-0.3, -0.25) is 4.79 Å². The number of hydrogen-bond acceptors (Lipinski definition) is 4. The molecule has 4 nitrogen and oxygen atoms in total. The van der Waals surface area contributed by atoms with Gasteiger partial charge in [-0.15, -0.1) is 0 Å². The average molecular weight is 293 g/mol. The van der Waals surface area contributed by atoms with Crippen LogP contribution in [0.3, 0.4) is 0 Å². The van der Waals surface area contributed by atoms with Crippen molar-refractivity contribution in [3.63, 3.8) is 0 Å². The van der Waals surface area contributed by atoms with Gasteiger partial charge in [-0.05, 0) is 20.8 Å². The maximum Gasteiger partial charge on any atom is 0.333 e. The smallest absolute Gasteiger partial charge is 0.333 e. The van der Waals surface area contributed by atoms with Crippen LogP contribution in [0.25, 0.3) is 0 Å². The fourth-order valence-electron chi connectivity index (χ4n) is 0.737. The maximum absolute atomic E-state index is 11.3. The van der Waals surface area contributed by atoms with E-state index in [1.165, 1.54) is 0 Å². The summed E-state index contributed by atoms with van der Waals surface area (Å²) in [4.78, 5) is 22.3. The molecule has 0 heterocycles. The van der Waals surface area contributed by atoms with Crippen LogP contribution in [-0.2, 0) is 19.1 Å². The fourth-order valence-corrected chi connectivity index (χ4v) is 0.851. The minimum Gasteiger partial charge on any atom is -0.462 e. The first-order valence-electron chi connectivity index (χ1n) is 4.89. The molecule has 0 unspecified atom stereocenters. The molecule has 0 saturated heterocycles. The minimum atomic E-state index is -0.546. The highest BCUT2D eigenvalue weighted by Gasteiger charge is 2.21. The SMILES string of the molecule is C=C(C)C(=O)OCCC(=O)OC(C)(C)CBr. The molecular formula is C11H17BrO4. The molecule has 0 aromatic heterocycles. The van der Waals surface area contributed by atoms with Crippen molar-refractivity contribution in [3.05, 3.63) is 12.2 Å². The van der Waals surface area contributed by atoms with E-state index in [-0.39, 0.29) is 19.0 Å². The van der Waals surface area contributed by atoms with E-state index in [9.17, 15) is 9.59 Å². The van der Waals surface area contributed by atoms with E-state index in [4.69, 9.17) is 9.47 Å². The number of alkyl halides is 1. The first-order valence-corrected chi connectivity index (χ1v) is 6.01. The van der Waals surface area contributed by atoms with E-state index in [1.807, 2.05) is 0 Å². The Balaban J connectivity index is 3.83. The number of carbonyl (C=O) groups is 2. The molecule has 0 bridgehead atoms. The predicted octanol–water partition coefficient (Wildman–Crippen LogP) is 2.21. The highest BCUT2D eigenvalue weighted by molar-refractivity contribution is 9.09. The summed E-state index contributed by atoms with van der Waals surface area (Å²) in [5.41, 5.74) is -0.232. The van der Waals surface area contributed by atoms with Gasteiger partial charge in [-0.25, -0.2) is 4.79 Å². The number of ether oxygens (including phenoxy) is 2. The van der Waals surface area contributed by atoms with Gasteiger partial charge in [0.05, 0.1) is 6.42 Å². The Morgan fingerprint density at radius 1 is 1.38 bits per heavy atom. The molecule has 16 heavy (non-hydrogen) atoms. The van der Waals surface area contributed by atoms with Crippen molar-refractivity contribution in [1.82, 2.24) is 0 Å². The van der Waals surface area contributed by atoms with Crippen LogP contribution < -0.4 is 0 Å². The molecule has 0 radical (unpaired) electrons. The summed E-state index contributed by atoms with van der Waals surface area (Å²) in [5.74, 6) is -0.883. The highest BCUT2D eigenvalue weighted by atomic mass is 79.9. The molecule has 0 aliphatic heterocycles. The van der Waals surface area contributed by atoms with Gasteiger partial charge in [0.2, 0.25) is 0 Å². The Hall–Kier alpha value is -0.840. The van der Waals surface area contributed by atoms with Gasteiger partial charge in [-0.2, -0.15) is 0 Å². The van der Waals surface area contributed by atoms with Crippen LogP contribution in [0.2, 0.25) is 0 Å². The Kier molecular flexibility index (Phi) is 6.33. The summed E-state index contributed by atoms with van der Waals surface area (Å²) in [6.45, 7) is 8.58. The quantitative estimate of drug-likeness (QED) is 0.428. The van der Waals surface area contributed by atoms with E-state index < -0.39 is 11.6 Å². The van der Waals surface area contributed by atoms with E-state index >= 15 is 0 Å². The number of halogens is 1. The molecule has 92 valence electrons. The molecule has 0 aliphatic carbocycles. The predicted molar refractivity (Wildman–Crippen MR) is 64.4 cm³/mol. The fraction of sp³-hybridized carbons (Fsp3) is 0.636. The van der Waals surface area contributed by atoms with E-state index in [1.54, 1.807) is 20.8 Å². The molecule has 0 aromatic carbocycles. The number of hydrogen-bond donors (Lipinski definition) is 0. The number of rotatable bonds is 6. The number of carbonyl (C=O) groups excluding carboxylic acids is 2. The van der Waals surface area contributed by atoms with Crippen LogP contribution >= 0.6 is 15.9 Å². The zero-order valence-corrected chi connectivity index (χ0v) is 11.4. The molecule has 0 spiro atoms. The third kappa shape index (κ3) is 6.61. The van der Waals surface area contributed by atoms with Gasteiger partial charge in [0, 0.05) is 10.9 Å². The van der Waals surface area contributed by atoms with Gasteiger partial charge in [0.15, 0.2) is 0 Å². The maximum atomic E-state index is 11.3. The van der Waals surface area contributed by atoms with Gasteiger partial charge in [0.1, 0.15) is 12.2 Å². The van der Waals surface area contributed by atoms with Crippen molar-refractivity contribution >= 4 is 27.9 Å². The Labute approximate surface area is 104 Å². The first kappa shape index (κ1) is 15.2. The average Bonchev–Trinajstić information content (AvgIpc) is 2.16. The molecule has 0 aliphatic rings. The third-order valence-electron chi connectivity index (χ3n) is 1.60. The van der Waals surface area contributed by atoms with Crippen LogP contribution in [0, 0.1) is 0 Å². The van der Waals surface area contributed by atoms with E-state index in [2.05, 4.69) is 22.5 Å². The molecule has 0 saturated carbocycles. The van der Waals surface area contributed by atoms with Crippen molar-refractivity contribution in [2.75, 3.05) is 11.9 Å². The normalized spacial score (nSPS) is 10.8. The third-order valence-corrected chi connectivity index (χ3v) is 2.95. The Morgan fingerprint density at radius 3 is 2.38 bits per heavy atom. The molecular weight excluding hydrogens is 276 g/mol. The molecule has 0 fully saturated rings. The van der Waals surface area contributed by atoms with E-state index in [0.29, 0.717) is 10.9 Å². The van der Waals surface area contributed by atoms with Crippen LogP contribution in [0.1, 0.15) is 27.2 Å². The zero-order valence-electron chi connectivity index (χ0n) is 9.84. The molecule has 5 heteroatoms. The van der Waals surface area contributed by atoms with Crippen LogP contribution in [0.4, 0.5) is 0 Å². The highest BCUT2D eigenvalue weighted by Crippen LogP contribution is 2.13. The molecule has 0 rings (SSSR count). The monoisotopic (exact) mass is 292 g/mol. The van der Waals surface area contributed by atoms with E-state index in [0.717, 1.165) is 0 Å². The summed E-state index contributed by atoms with van der Waals surface area (Å²) in [6, 6.07) is 0. The van der Waals surface area contributed by atoms with Crippen molar-refractivity contribution < 1.29 is 19.1 Å². The summed E-state index contributed by atoms with van der Waals surface area (Å²) < 4.78 is 9.90. The zero-order chi connectivity index (χ0) is 12.8. The van der Waals surface area contributed by atoms with Crippen LogP contribution in [-0.4, -0.2) is 29.5 Å². The number of esters is 2. The van der Waals surface area contributed by atoms with Crippen LogP contribution in [0.15, 0.2) is 12.2 Å². The second kappa shape index (κ2) is 6.68. The molecule has 0 atom stereocenters. The summed E-state index contributed by atoms with van der Waals surface area (Å²) >= 11 is 3.24. The molecule has 0 amide bonds. The summed E-state index contributed by atoms with van der Waals surface area (Å²) in [5, 5.41) is 0.553. The minimum absolute atomic E-state index is 0.0168. The lowest BCUT2D eigenvalue weighted by molar-refractivity contribution is -0.156. The first-order chi connectivity index (χ1) is 7.28. The largest absolute Gasteiger partial charge is 0.462 e. The van der Waals surface area contributed by atoms with Crippen molar-refractivity contribution in [2.45, 2.75) is 32.8 Å². The molecule has 0 aromatic rings. The van der Waals surface area contributed by atoms with Crippen molar-refractivity contribution in [3.8, 4) is 0 Å². The second-order valence-electron chi connectivity index (χ2n) is 4.03. The second-order valence-corrected chi connectivity index (χ2v) is 4.59. The van der Waals surface area contributed by atoms with Gasteiger partial charge in [0.25, 0.3) is 0 Å². The summed E-state index contributed by atoms with van der Waals surface area (Å²) in [6.07, 6.45) is 0.0510. The van der Waals surface area contributed by atoms with Crippen molar-refractivity contribution in [1.29, 1.82) is 0 Å². The topological polar surface area (TPSA) is 52.6 Å². The Bertz CT molecular complexity index is 284. The van der Waals surface area contributed by atoms with Gasteiger partial charge >= 0.3 is 11.9 Å². The van der Waals surface area contributed by atoms with Crippen molar-refractivity contribution in [2.24, 2.45) is 0 Å². The van der Waals surface area contributed by atoms with Crippen LogP contribution in [0.5, 0.6) is 0 Å². The summed E-state index contributed by atoms with van der Waals surface area (Å²) in [7, 11) is 0. The lowest BCUT2D eigenvalue weighted by Crippen LogP contribution is -2.30. The lowest BCUT2D eigenvalue weighted by atomic mass is 10.2. The van der Waals surface area contributed by atoms with Gasteiger partial charge in [-0.1, -0.05) is 22.5 Å². The standard InChI is InChI=1S/C11H17BrO4/c1-8(2)10(14)15-6-5-9(13)16-11(3,4)7-12/h1,5-7H2,2-4H3. The molecule has 0 N–H and O–H groups in total. The lowest BCUT2D eigenvalue weighted by Gasteiger charge is -2.22. The van der Waals surface area contributed by atoms with Gasteiger partial charge < -0.3 is 9.47 Å². The Morgan fingerprint density at radius 2 is 1.94 bits per heavy atom.